The van der Waals surface area contributed by atoms with Gasteiger partial charge in [0.2, 0.25) is 5.91 Å². The number of hydrogen-bond acceptors (Lipinski definition) is 4. The third kappa shape index (κ3) is 2.59. The van der Waals surface area contributed by atoms with Gasteiger partial charge >= 0.3 is 0 Å². The molecule has 20 heavy (non-hydrogen) atoms. The molecule has 1 unspecified atom stereocenters. The van der Waals surface area contributed by atoms with Crippen LogP contribution in [0.3, 0.4) is 0 Å². The van der Waals surface area contributed by atoms with Crippen LogP contribution in [0.15, 0.2) is 35.8 Å². The maximum Gasteiger partial charge on any atom is 0.228 e. The summed E-state index contributed by atoms with van der Waals surface area (Å²) in [5.74, 6) is 0.558. The van der Waals surface area contributed by atoms with Crippen molar-refractivity contribution in [1.29, 1.82) is 0 Å². The molecule has 5 heteroatoms. The molecule has 0 radical (unpaired) electrons. The third-order valence-electron chi connectivity index (χ3n) is 3.79. The molecule has 2 heterocycles. The molecule has 1 atom stereocenters. The van der Waals surface area contributed by atoms with E-state index in [0.717, 1.165) is 29.3 Å². The zero-order valence-corrected chi connectivity index (χ0v) is 12.1. The number of amides is 1. The number of carbonyl (C=O) groups excluding carboxylic acids is 1. The van der Waals surface area contributed by atoms with Crippen LogP contribution in [-0.2, 0) is 4.79 Å². The normalized spacial score (nSPS) is 16.4. The summed E-state index contributed by atoms with van der Waals surface area (Å²) in [4.78, 5) is 16.6. The lowest BCUT2D eigenvalue weighted by Gasteiger charge is -2.31. The van der Waals surface area contributed by atoms with E-state index in [1.54, 1.807) is 5.51 Å². The molecule has 2 aromatic rings. The minimum atomic E-state index is 0.0296. The van der Waals surface area contributed by atoms with Crippen LogP contribution in [0, 0.1) is 11.8 Å². The van der Waals surface area contributed by atoms with Crippen LogP contribution >= 0.6 is 11.3 Å². The first-order valence-corrected chi connectivity index (χ1v) is 7.64. The molecule has 3 rings (SSSR count). The van der Waals surface area contributed by atoms with Gasteiger partial charge in [0.15, 0.2) is 0 Å². The molecular weight excluding hydrogens is 270 g/mol. The molecule has 1 aromatic carbocycles. The highest BCUT2D eigenvalue weighted by Gasteiger charge is 2.29. The second kappa shape index (κ2) is 5.73. The lowest BCUT2D eigenvalue weighted by Crippen LogP contribution is -2.48. The highest BCUT2D eigenvalue weighted by atomic mass is 32.1. The Labute approximate surface area is 122 Å². The summed E-state index contributed by atoms with van der Waals surface area (Å²) < 4.78 is 0. The number of aromatic nitrogens is 1. The average Bonchev–Trinajstić information content (AvgIpc) is 2.85. The molecule has 1 amide bonds. The van der Waals surface area contributed by atoms with Crippen molar-refractivity contribution in [3.05, 3.63) is 35.8 Å². The Balaban J connectivity index is 1.75. The lowest BCUT2D eigenvalue weighted by molar-refractivity contribution is -0.121. The molecule has 104 valence electrons. The topological polar surface area (TPSA) is 54.0 Å². The van der Waals surface area contributed by atoms with E-state index in [4.69, 9.17) is 0 Å². The van der Waals surface area contributed by atoms with E-state index in [2.05, 4.69) is 15.6 Å². The van der Waals surface area contributed by atoms with E-state index in [9.17, 15) is 4.79 Å². The molecule has 1 saturated heterocycles. The Bertz CT molecular complexity index is 592. The highest BCUT2D eigenvalue weighted by Crippen LogP contribution is 2.31. The fourth-order valence-corrected chi connectivity index (χ4v) is 2.95. The average molecular weight is 287 g/mol. The van der Waals surface area contributed by atoms with Gasteiger partial charge in [-0.25, -0.2) is 4.98 Å². The molecule has 0 saturated carbocycles. The van der Waals surface area contributed by atoms with Crippen molar-refractivity contribution >= 4 is 22.2 Å². The predicted octanol–water partition coefficient (Wildman–Crippen LogP) is 2.60. The Morgan fingerprint density at radius 2 is 2.15 bits per heavy atom. The lowest BCUT2D eigenvalue weighted by atomic mass is 9.88. The Hall–Kier alpha value is -1.72. The van der Waals surface area contributed by atoms with Gasteiger partial charge in [0.1, 0.15) is 10.7 Å². The van der Waals surface area contributed by atoms with Crippen LogP contribution in [-0.4, -0.2) is 24.0 Å². The van der Waals surface area contributed by atoms with Gasteiger partial charge in [-0.05, 0) is 19.0 Å². The van der Waals surface area contributed by atoms with Gasteiger partial charge in [-0.15, -0.1) is 11.3 Å². The van der Waals surface area contributed by atoms with Crippen LogP contribution in [0.2, 0.25) is 0 Å². The first-order valence-electron chi connectivity index (χ1n) is 6.76. The summed E-state index contributed by atoms with van der Waals surface area (Å²) >= 11 is 1.47. The highest BCUT2D eigenvalue weighted by molar-refractivity contribution is 7.14. The monoisotopic (exact) mass is 287 g/mol. The minimum Gasteiger partial charge on any atom is -0.316 e. The van der Waals surface area contributed by atoms with Crippen LogP contribution in [0.4, 0.5) is 5.00 Å². The van der Waals surface area contributed by atoms with Gasteiger partial charge in [0.05, 0.1) is 5.51 Å². The fourth-order valence-electron chi connectivity index (χ4n) is 2.24. The van der Waals surface area contributed by atoms with Crippen molar-refractivity contribution in [2.75, 3.05) is 18.4 Å². The molecule has 0 aliphatic carbocycles. The van der Waals surface area contributed by atoms with Crippen molar-refractivity contribution in [3.8, 4) is 11.3 Å². The fraction of sp³-hybridized carbons (Fsp3) is 0.333. The number of hydrogen-bond donors (Lipinski definition) is 2. The van der Waals surface area contributed by atoms with Crippen LogP contribution in [0.1, 0.15) is 6.92 Å². The number of nitrogens with zero attached hydrogens (tertiary/aromatic N) is 1. The van der Waals surface area contributed by atoms with Gasteiger partial charge in [-0.1, -0.05) is 37.3 Å². The van der Waals surface area contributed by atoms with Crippen LogP contribution in [0.25, 0.3) is 11.3 Å². The molecule has 1 fully saturated rings. The van der Waals surface area contributed by atoms with E-state index in [1.165, 1.54) is 11.3 Å². The standard InChI is InChI=1S/C15H17N3OS/c1-10(12-7-16-8-12)14(19)18-15-13(17-9-20-15)11-5-3-2-4-6-11/h2-6,9-10,12,16H,7-8H2,1H3,(H,18,19). The number of benzene rings is 1. The summed E-state index contributed by atoms with van der Waals surface area (Å²) in [5, 5.41) is 7.06. The second-order valence-corrected chi connectivity index (χ2v) is 5.95. The summed E-state index contributed by atoms with van der Waals surface area (Å²) in [6, 6.07) is 9.93. The summed E-state index contributed by atoms with van der Waals surface area (Å²) in [5.41, 5.74) is 3.65. The molecule has 0 bridgehead atoms. The maximum absolute atomic E-state index is 12.3. The second-order valence-electron chi connectivity index (χ2n) is 5.09. The van der Waals surface area contributed by atoms with Crippen molar-refractivity contribution in [1.82, 2.24) is 10.3 Å². The van der Waals surface area contributed by atoms with Gasteiger partial charge in [0.25, 0.3) is 0 Å². The zero-order chi connectivity index (χ0) is 13.9. The SMILES string of the molecule is CC(C(=O)Nc1scnc1-c1ccccc1)C1CNC1. The molecule has 1 aromatic heterocycles. The molecule has 4 nitrogen and oxygen atoms in total. The zero-order valence-electron chi connectivity index (χ0n) is 11.3. The summed E-state index contributed by atoms with van der Waals surface area (Å²) in [6.45, 7) is 3.86. The molecule has 2 N–H and O–H groups in total. The summed E-state index contributed by atoms with van der Waals surface area (Å²) in [7, 11) is 0. The number of rotatable bonds is 4. The Morgan fingerprint density at radius 3 is 2.80 bits per heavy atom. The smallest absolute Gasteiger partial charge is 0.228 e. The molecule has 0 spiro atoms. The van der Waals surface area contributed by atoms with Gasteiger partial charge in [0, 0.05) is 11.5 Å². The van der Waals surface area contributed by atoms with Crippen molar-refractivity contribution < 1.29 is 4.79 Å². The van der Waals surface area contributed by atoms with E-state index in [1.807, 2.05) is 37.3 Å². The third-order valence-corrected chi connectivity index (χ3v) is 4.53. The molecular formula is C15H17N3OS. The van der Waals surface area contributed by atoms with Crippen molar-refractivity contribution in [2.24, 2.45) is 11.8 Å². The van der Waals surface area contributed by atoms with E-state index in [0.29, 0.717) is 5.92 Å². The van der Waals surface area contributed by atoms with Crippen LogP contribution in [0.5, 0.6) is 0 Å². The van der Waals surface area contributed by atoms with E-state index in [-0.39, 0.29) is 11.8 Å². The van der Waals surface area contributed by atoms with Gasteiger partial charge in [-0.3, -0.25) is 4.79 Å². The first-order chi connectivity index (χ1) is 9.75. The summed E-state index contributed by atoms with van der Waals surface area (Å²) in [6.07, 6.45) is 0. The largest absolute Gasteiger partial charge is 0.316 e. The number of carbonyl (C=O) groups is 1. The van der Waals surface area contributed by atoms with E-state index < -0.39 is 0 Å². The molecule has 1 aliphatic heterocycles. The number of thiazole rings is 1. The molecule has 1 aliphatic rings. The Morgan fingerprint density at radius 1 is 1.40 bits per heavy atom. The van der Waals surface area contributed by atoms with E-state index >= 15 is 0 Å². The Kier molecular flexibility index (Phi) is 3.80. The van der Waals surface area contributed by atoms with Crippen LogP contribution < -0.4 is 10.6 Å². The van der Waals surface area contributed by atoms with Crippen molar-refractivity contribution in [2.45, 2.75) is 6.92 Å². The number of anilines is 1. The minimum absolute atomic E-state index is 0.0296. The quantitative estimate of drug-likeness (QED) is 0.909. The maximum atomic E-state index is 12.3. The van der Waals surface area contributed by atoms with Gasteiger partial charge < -0.3 is 10.6 Å². The number of nitrogens with one attached hydrogen (secondary N) is 2. The first kappa shape index (κ1) is 13.3. The van der Waals surface area contributed by atoms with Crippen molar-refractivity contribution in [3.63, 3.8) is 0 Å². The predicted molar refractivity (Wildman–Crippen MR) is 81.7 cm³/mol. The van der Waals surface area contributed by atoms with Gasteiger partial charge in [-0.2, -0.15) is 0 Å².